The molecule has 2 N–H and O–H groups in total. The van der Waals surface area contributed by atoms with Crippen LogP contribution in [0.1, 0.15) is 37.6 Å². The summed E-state index contributed by atoms with van der Waals surface area (Å²) >= 11 is 0. The number of hydrogen-bond donors (Lipinski definition) is 2. The van der Waals surface area contributed by atoms with Crippen LogP contribution in [0.3, 0.4) is 0 Å². The van der Waals surface area contributed by atoms with Crippen molar-refractivity contribution in [1.29, 1.82) is 0 Å². The fourth-order valence-corrected chi connectivity index (χ4v) is 3.96. The minimum absolute atomic E-state index is 0.0209. The van der Waals surface area contributed by atoms with E-state index in [1.807, 2.05) is 36.4 Å². The number of H-pyrrole nitrogens is 1. The maximum atomic E-state index is 12.4. The third-order valence-corrected chi connectivity index (χ3v) is 5.83. The highest BCUT2D eigenvalue weighted by Crippen LogP contribution is 2.18. The first-order valence-corrected chi connectivity index (χ1v) is 10.7. The molecule has 0 spiro atoms. The average molecular weight is 391 g/mol. The molecule has 4 rings (SSSR count). The Morgan fingerprint density at radius 3 is 2.79 bits per heavy atom. The average Bonchev–Trinajstić information content (AvgIpc) is 3.15. The molecule has 2 heterocycles. The van der Waals surface area contributed by atoms with Crippen molar-refractivity contribution >= 4 is 22.6 Å². The van der Waals surface area contributed by atoms with Crippen molar-refractivity contribution in [1.82, 2.24) is 14.9 Å². The summed E-state index contributed by atoms with van der Waals surface area (Å²) in [6.07, 6.45) is 4.66. The number of carbonyl (C=O) groups excluding carboxylic acids is 1. The molecule has 5 heteroatoms. The van der Waals surface area contributed by atoms with Gasteiger partial charge < -0.3 is 15.2 Å². The lowest BCUT2D eigenvalue weighted by atomic mass is 9.99. The number of aromatic nitrogens is 2. The van der Waals surface area contributed by atoms with E-state index in [-0.39, 0.29) is 5.91 Å². The molecular formula is C24H30N4O. The van der Waals surface area contributed by atoms with Gasteiger partial charge in [-0.1, -0.05) is 31.2 Å². The maximum Gasteiger partial charge on any atom is 0.224 e. The lowest BCUT2D eigenvalue weighted by Gasteiger charge is -2.30. The van der Waals surface area contributed by atoms with Gasteiger partial charge in [0.05, 0.1) is 11.0 Å². The summed E-state index contributed by atoms with van der Waals surface area (Å²) in [6.45, 7) is 5.85. The van der Waals surface area contributed by atoms with E-state index in [0.717, 1.165) is 41.4 Å². The largest absolute Gasteiger partial charge is 0.342 e. The number of nitrogens with one attached hydrogen (secondary N) is 2. The van der Waals surface area contributed by atoms with Gasteiger partial charge in [-0.25, -0.2) is 4.98 Å². The van der Waals surface area contributed by atoms with Crippen LogP contribution in [0.4, 0.5) is 5.69 Å². The summed E-state index contributed by atoms with van der Waals surface area (Å²) in [5.41, 5.74) is 4.11. The van der Waals surface area contributed by atoms with Crippen LogP contribution in [-0.4, -0.2) is 40.4 Å². The number of aromatic amines is 1. The standard InChI is InChI=1S/C24H30N4O/c1-18-11-14-28(15-12-18)16-13-19-5-4-6-20(17-19)25-24(29)10-9-23-26-21-7-2-3-8-22(21)27-23/h2-8,17-18H,9-16H2,1H3,(H,25,29)(H,26,27). The molecule has 0 bridgehead atoms. The van der Waals surface area contributed by atoms with Crippen LogP contribution in [0, 0.1) is 5.92 Å². The predicted octanol–water partition coefficient (Wildman–Crippen LogP) is 4.41. The van der Waals surface area contributed by atoms with Crippen LogP contribution in [-0.2, 0) is 17.6 Å². The van der Waals surface area contributed by atoms with Crippen molar-refractivity contribution in [3.05, 3.63) is 59.9 Å². The second-order valence-electron chi connectivity index (χ2n) is 8.22. The van der Waals surface area contributed by atoms with Crippen LogP contribution in [0.5, 0.6) is 0 Å². The molecule has 1 aliphatic rings. The fraction of sp³-hybridized carbons (Fsp3) is 0.417. The molecule has 1 fully saturated rings. The number of amides is 1. The van der Waals surface area contributed by atoms with Crippen molar-refractivity contribution in [2.24, 2.45) is 5.92 Å². The van der Waals surface area contributed by atoms with Crippen molar-refractivity contribution in [3.8, 4) is 0 Å². The normalized spacial score (nSPS) is 15.6. The Labute approximate surface area is 172 Å². The number of para-hydroxylation sites is 2. The second kappa shape index (κ2) is 9.23. The number of rotatable bonds is 7. The molecule has 3 aromatic rings. The zero-order valence-electron chi connectivity index (χ0n) is 17.2. The summed E-state index contributed by atoms with van der Waals surface area (Å²) in [5.74, 6) is 1.74. The molecule has 0 unspecified atom stereocenters. The highest BCUT2D eigenvalue weighted by Gasteiger charge is 2.15. The number of aryl methyl sites for hydroxylation is 1. The van der Waals surface area contributed by atoms with E-state index in [9.17, 15) is 4.79 Å². The van der Waals surface area contributed by atoms with Gasteiger partial charge in [0.2, 0.25) is 5.91 Å². The molecule has 1 aliphatic heterocycles. The number of piperidine rings is 1. The van der Waals surface area contributed by atoms with Gasteiger partial charge in [-0.15, -0.1) is 0 Å². The van der Waals surface area contributed by atoms with Gasteiger partial charge in [-0.05, 0) is 68.1 Å². The van der Waals surface area contributed by atoms with Gasteiger partial charge in [0.25, 0.3) is 0 Å². The monoisotopic (exact) mass is 390 g/mol. The lowest BCUT2D eigenvalue weighted by molar-refractivity contribution is -0.116. The minimum Gasteiger partial charge on any atom is -0.342 e. The van der Waals surface area contributed by atoms with Gasteiger partial charge in [0.1, 0.15) is 5.82 Å². The van der Waals surface area contributed by atoms with Crippen molar-refractivity contribution < 1.29 is 4.79 Å². The molecule has 0 aliphatic carbocycles. The molecule has 152 valence electrons. The predicted molar refractivity (Wildman–Crippen MR) is 118 cm³/mol. The number of anilines is 1. The molecule has 1 saturated heterocycles. The fourth-order valence-electron chi connectivity index (χ4n) is 3.96. The van der Waals surface area contributed by atoms with Gasteiger partial charge in [0.15, 0.2) is 0 Å². The number of fused-ring (bicyclic) bond motifs is 1. The Kier molecular flexibility index (Phi) is 6.25. The SMILES string of the molecule is CC1CCN(CCc2cccc(NC(=O)CCc3nc4ccccc4[nH]3)c2)CC1. The molecule has 0 radical (unpaired) electrons. The number of nitrogens with zero attached hydrogens (tertiary/aromatic N) is 2. The third kappa shape index (κ3) is 5.45. The van der Waals surface area contributed by atoms with Gasteiger partial charge in [0, 0.05) is 25.1 Å². The first kappa shape index (κ1) is 19.6. The Balaban J connectivity index is 1.26. The number of hydrogen-bond acceptors (Lipinski definition) is 3. The van der Waals surface area contributed by atoms with Crippen molar-refractivity contribution in [3.63, 3.8) is 0 Å². The summed E-state index contributed by atoms with van der Waals surface area (Å²) < 4.78 is 0. The number of benzene rings is 2. The summed E-state index contributed by atoms with van der Waals surface area (Å²) in [4.78, 5) is 22.8. The van der Waals surface area contributed by atoms with Crippen LogP contribution in [0.15, 0.2) is 48.5 Å². The molecule has 5 nitrogen and oxygen atoms in total. The van der Waals surface area contributed by atoms with Gasteiger partial charge in [-0.2, -0.15) is 0 Å². The zero-order valence-corrected chi connectivity index (χ0v) is 17.2. The van der Waals surface area contributed by atoms with E-state index >= 15 is 0 Å². The Hall–Kier alpha value is -2.66. The van der Waals surface area contributed by atoms with E-state index < -0.39 is 0 Å². The van der Waals surface area contributed by atoms with E-state index in [2.05, 4.69) is 39.2 Å². The van der Waals surface area contributed by atoms with Crippen molar-refractivity contribution in [2.75, 3.05) is 25.0 Å². The topological polar surface area (TPSA) is 61.0 Å². The maximum absolute atomic E-state index is 12.4. The number of likely N-dealkylation sites (tertiary alicyclic amines) is 1. The Bertz CT molecular complexity index is 923. The summed E-state index contributed by atoms with van der Waals surface area (Å²) in [5, 5.41) is 3.04. The Morgan fingerprint density at radius 2 is 1.97 bits per heavy atom. The first-order chi connectivity index (χ1) is 14.2. The van der Waals surface area contributed by atoms with E-state index in [1.54, 1.807) is 0 Å². The van der Waals surface area contributed by atoms with Crippen LogP contribution >= 0.6 is 0 Å². The molecule has 1 amide bonds. The number of carbonyl (C=O) groups is 1. The van der Waals surface area contributed by atoms with Crippen LogP contribution in [0.25, 0.3) is 11.0 Å². The van der Waals surface area contributed by atoms with Crippen molar-refractivity contribution in [2.45, 2.75) is 39.0 Å². The molecule has 0 atom stereocenters. The van der Waals surface area contributed by atoms with Crippen LogP contribution in [0.2, 0.25) is 0 Å². The molecular weight excluding hydrogens is 360 g/mol. The zero-order chi connectivity index (χ0) is 20.1. The number of imidazole rings is 1. The highest BCUT2D eigenvalue weighted by molar-refractivity contribution is 5.90. The minimum atomic E-state index is 0.0209. The highest BCUT2D eigenvalue weighted by atomic mass is 16.1. The van der Waals surface area contributed by atoms with Gasteiger partial charge in [-0.3, -0.25) is 4.79 Å². The third-order valence-electron chi connectivity index (χ3n) is 5.83. The molecule has 2 aromatic carbocycles. The van der Waals surface area contributed by atoms with E-state index in [0.29, 0.717) is 12.8 Å². The molecule has 29 heavy (non-hydrogen) atoms. The summed E-state index contributed by atoms with van der Waals surface area (Å²) in [7, 11) is 0. The van der Waals surface area contributed by atoms with Gasteiger partial charge >= 0.3 is 0 Å². The smallest absolute Gasteiger partial charge is 0.224 e. The first-order valence-electron chi connectivity index (χ1n) is 10.7. The summed E-state index contributed by atoms with van der Waals surface area (Å²) in [6, 6.07) is 16.2. The molecule has 0 saturated carbocycles. The van der Waals surface area contributed by atoms with E-state index in [1.165, 1.54) is 31.5 Å². The lowest BCUT2D eigenvalue weighted by Crippen LogP contribution is -2.34. The van der Waals surface area contributed by atoms with Crippen LogP contribution < -0.4 is 5.32 Å². The second-order valence-corrected chi connectivity index (χ2v) is 8.22. The quantitative estimate of drug-likeness (QED) is 0.628. The Morgan fingerprint density at radius 1 is 1.14 bits per heavy atom. The molecule has 1 aromatic heterocycles. The van der Waals surface area contributed by atoms with E-state index in [4.69, 9.17) is 0 Å².